The average molecular weight is 537 g/mol. The van der Waals surface area contributed by atoms with Crippen molar-refractivity contribution in [1.29, 1.82) is 0 Å². The van der Waals surface area contributed by atoms with Crippen molar-refractivity contribution in [2.24, 2.45) is 0 Å². The van der Waals surface area contributed by atoms with E-state index in [-0.39, 0.29) is 0 Å². The minimum absolute atomic E-state index is 0.881. The highest BCUT2D eigenvalue weighted by Gasteiger charge is 2.14. The first-order chi connectivity index (χ1) is 20.8. The van der Waals surface area contributed by atoms with Crippen molar-refractivity contribution in [3.63, 3.8) is 0 Å². The Morgan fingerprint density at radius 1 is 0.381 bits per heavy atom. The molecule has 0 unspecified atom stereocenters. The third-order valence-electron chi connectivity index (χ3n) is 7.88. The second-order valence-electron chi connectivity index (χ2n) is 10.4. The summed E-state index contributed by atoms with van der Waals surface area (Å²) in [6.07, 6.45) is 5.53. The second-order valence-corrected chi connectivity index (χ2v) is 10.4. The molecule has 3 aromatic heterocycles. The van der Waals surface area contributed by atoms with Gasteiger partial charge in [-0.1, -0.05) is 91.0 Å². The molecule has 0 fully saturated rings. The normalized spacial score (nSPS) is 11.3. The van der Waals surface area contributed by atoms with Crippen LogP contribution in [0, 0.1) is 0 Å². The van der Waals surface area contributed by atoms with E-state index in [1.807, 2.05) is 30.6 Å². The van der Waals surface area contributed by atoms with E-state index in [4.69, 9.17) is 4.98 Å². The minimum Gasteiger partial charge on any atom is -0.254 e. The molecule has 0 saturated carbocycles. The highest BCUT2D eigenvalue weighted by Crippen LogP contribution is 2.38. The van der Waals surface area contributed by atoms with Crippen molar-refractivity contribution in [1.82, 2.24) is 20.2 Å². The van der Waals surface area contributed by atoms with E-state index in [1.165, 1.54) is 11.1 Å². The summed E-state index contributed by atoms with van der Waals surface area (Å²) in [5.74, 6) is 0. The van der Waals surface area contributed by atoms with Gasteiger partial charge < -0.3 is 0 Å². The predicted molar refractivity (Wildman–Crippen MR) is 172 cm³/mol. The van der Waals surface area contributed by atoms with Crippen molar-refractivity contribution in [2.45, 2.75) is 0 Å². The number of nitrogens with zero attached hydrogens (tertiary/aromatic N) is 4. The first-order valence-corrected chi connectivity index (χ1v) is 14.0. The van der Waals surface area contributed by atoms with Crippen LogP contribution in [0.25, 0.3) is 77.2 Å². The highest BCUT2D eigenvalue weighted by molar-refractivity contribution is 6.04. The van der Waals surface area contributed by atoms with Gasteiger partial charge in [0, 0.05) is 34.1 Å². The molecule has 3 heterocycles. The van der Waals surface area contributed by atoms with Gasteiger partial charge in [-0.15, -0.1) is 0 Å². The van der Waals surface area contributed by atoms with Gasteiger partial charge in [-0.2, -0.15) is 10.2 Å². The molecule has 0 saturated heterocycles. The summed E-state index contributed by atoms with van der Waals surface area (Å²) in [5, 5.41) is 11.7. The number of hydrogen-bond donors (Lipinski definition) is 0. The molecule has 0 aliphatic rings. The largest absolute Gasteiger partial charge is 0.254 e. The van der Waals surface area contributed by atoms with Gasteiger partial charge in [0.05, 0.1) is 22.7 Å². The molecule has 0 spiro atoms. The fourth-order valence-electron chi connectivity index (χ4n) is 5.75. The van der Waals surface area contributed by atoms with Crippen LogP contribution >= 0.6 is 0 Å². The van der Waals surface area contributed by atoms with Crippen LogP contribution < -0.4 is 0 Å². The topological polar surface area (TPSA) is 51.6 Å². The van der Waals surface area contributed by atoms with E-state index < -0.39 is 0 Å². The quantitative estimate of drug-likeness (QED) is 0.210. The van der Waals surface area contributed by atoms with E-state index >= 15 is 0 Å². The summed E-state index contributed by atoms with van der Waals surface area (Å²) in [5.41, 5.74) is 11.8. The van der Waals surface area contributed by atoms with E-state index in [2.05, 4.69) is 124 Å². The number of rotatable bonds is 4. The van der Waals surface area contributed by atoms with Crippen LogP contribution in [-0.2, 0) is 0 Å². The third kappa shape index (κ3) is 4.27. The summed E-state index contributed by atoms with van der Waals surface area (Å²) >= 11 is 0. The number of benzene rings is 5. The number of hydrogen-bond acceptors (Lipinski definition) is 4. The van der Waals surface area contributed by atoms with E-state index in [1.54, 1.807) is 6.20 Å². The third-order valence-corrected chi connectivity index (χ3v) is 7.88. The zero-order valence-electron chi connectivity index (χ0n) is 22.6. The Labute approximate surface area is 243 Å². The van der Waals surface area contributed by atoms with Crippen LogP contribution in [0.2, 0.25) is 0 Å². The summed E-state index contributed by atoms with van der Waals surface area (Å²) in [4.78, 5) is 9.53. The smallest absolute Gasteiger partial charge is 0.0964 e. The van der Waals surface area contributed by atoms with Crippen LogP contribution in [-0.4, -0.2) is 20.2 Å². The zero-order valence-corrected chi connectivity index (χ0v) is 22.6. The van der Waals surface area contributed by atoms with Crippen molar-refractivity contribution in [3.05, 3.63) is 146 Å². The maximum absolute atomic E-state index is 4.92. The number of fused-ring (bicyclic) bond motifs is 4. The summed E-state index contributed by atoms with van der Waals surface area (Å²) in [7, 11) is 0. The summed E-state index contributed by atoms with van der Waals surface area (Å²) < 4.78 is 0. The maximum Gasteiger partial charge on any atom is 0.0964 e. The van der Waals surface area contributed by atoms with Gasteiger partial charge >= 0.3 is 0 Å². The Hall–Kier alpha value is -5.74. The number of aromatic nitrogens is 4. The first-order valence-electron chi connectivity index (χ1n) is 14.0. The fourth-order valence-corrected chi connectivity index (χ4v) is 5.75. The Kier molecular flexibility index (Phi) is 5.75. The standard InChI is InChI=1S/C38H24N4/c1-2-6-25(7-3-1)28-8-4-9-31(20-28)35-22-29(30-13-11-26-17-19-41-42-36(26)23-30)15-16-34(35)33-21-32-14-12-27-10-5-18-39-37(27)38(32)40-24-33/h1-24H. The van der Waals surface area contributed by atoms with Crippen LogP contribution in [0.3, 0.4) is 0 Å². The van der Waals surface area contributed by atoms with Crippen molar-refractivity contribution in [3.8, 4) is 44.5 Å². The summed E-state index contributed by atoms with van der Waals surface area (Å²) in [6.45, 7) is 0. The lowest BCUT2D eigenvalue weighted by atomic mass is 9.89. The van der Waals surface area contributed by atoms with Gasteiger partial charge in [0.2, 0.25) is 0 Å². The molecule has 0 amide bonds. The van der Waals surface area contributed by atoms with Crippen molar-refractivity contribution < 1.29 is 0 Å². The van der Waals surface area contributed by atoms with E-state index in [0.717, 1.165) is 66.1 Å². The lowest BCUT2D eigenvalue weighted by molar-refractivity contribution is 1.08. The van der Waals surface area contributed by atoms with Crippen LogP contribution in [0.15, 0.2) is 146 Å². The molecule has 42 heavy (non-hydrogen) atoms. The highest BCUT2D eigenvalue weighted by atomic mass is 15.1. The molecule has 0 N–H and O–H groups in total. The van der Waals surface area contributed by atoms with Crippen molar-refractivity contribution in [2.75, 3.05) is 0 Å². The predicted octanol–water partition coefficient (Wildman–Crippen LogP) is 9.39. The fraction of sp³-hybridized carbons (Fsp3) is 0. The SMILES string of the molecule is c1ccc(-c2cccc(-c3cc(-c4ccc5ccnnc5c4)ccc3-c3cnc4c(ccc5cccnc54)c3)c2)cc1. The molecule has 0 aliphatic heterocycles. The minimum atomic E-state index is 0.881. The monoisotopic (exact) mass is 536 g/mol. The second kappa shape index (κ2) is 10.0. The Morgan fingerprint density at radius 3 is 2.10 bits per heavy atom. The Bertz CT molecular complexity index is 2260. The van der Waals surface area contributed by atoms with E-state index in [9.17, 15) is 0 Å². The average Bonchev–Trinajstić information content (AvgIpc) is 3.08. The lowest BCUT2D eigenvalue weighted by Gasteiger charge is -2.15. The molecule has 0 radical (unpaired) electrons. The molecular formula is C38H24N4. The molecule has 8 rings (SSSR count). The molecule has 196 valence electrons. The van der Waals surface area contributed by atoms with Crippen LogP contribution in [0.4, 0.5) is 0 Å². The zero-order chi connectivity index (χ0) is 27.9. The maximum atomic E-state index is 4.92. The van der Waals surface area contributed by atoms with Crippen LogP contribution in [0.1, 0.15) is 0 Å². The molecule has 0 aliphatic carbocycles. The van der Waals surface area contributed by atoms with Gasteiger partial charge in [0.25, 0.3) is 0 Å². The van der Waals surface area contributed by atoms with Gasteiger partial charge in [0.15, 0.2) is 0 Å². The Balaban J connectivity index is 1.32. The van der Waals surface area contributed by atoms with Gasteiger partial charge in [-0.25, -0.2) is 0 Å². The molecule has 4 heteroatoms. The van der Waals surface area contributed by atoms with Crippen LogP contribution in [0.5, 0.6) is 0 Å². The lowest BCUT2D eigenvalue weighted by Crippen LogP contribution is -1.91. The first kappa shape index (κ1) is 24.1. The summed E-state index contributed by atoms with van der Waals surface area (Å²) in [6, 6.07) is 44.8. The molecule has 4 nitrogen and oxygen atoms in total. The van der Waals surface area contributed by atoms with Gasteiger partial charge in [-0.3, -0.25) is 9.97 Å². The van der Waals surface area contributed by atoms with Gasteiger partial charge in [-0.05, 0) is 75.3 Å². The van der Waals surface area contributed by atoms with Gasteiger partial charge in [0.1, 0.15) is 0 Å². The Morgan fingerprint density at radius 2 is 1.14 bits per heavy atom. The molecule has 0 bridgehead atoms. The number of pyridine rings is 2. The van der Waals surface area contributed by atoms with Crippen molar-refractivity contribution >= 4 is 32.7 Å². The molecule has 8 aromatic rings. The van der Waals surface area contributed by atoms with E-state index in [0.29, 0.717) is 0 Å². The molecular weight excluding hydrogens is 512 g/mol. The molecule has 5 aromatic carbocycles. The molecule has 0 atom stereocenters.